The Kier molecular flexibility index (Phi) is 12.0. The number of guanidine groups is 1. The summed E-state index contributed by atoms with van der Waals surface area (Å²) < 4.78 is 17.3. The van der Waals surface area contributed by atoms with Gasteiger partial charge >= 0.3 is 11.9 Å². The van der Waals surface area contributed by atoms with Crippen molar-refractivity contribution >= 4 is 29.3 Å². The second-order valence-corrected chi connectivity index (χ2v) is 9.21. The van der Waals surface area contributed by atoms with E-state index in [-0.39, 0.29) is 18.9 Å². The first kappa shape index (κ1) is 31.7. The maximum Gasteiger partial charge on any atom is 0.333 e. The van der Waals surface area contributed by atoms with Gasteiger partial charge in [-0.2, -0.15) is 0 Å². The molecule has 0 aliphatic carbocycles. The van der Waals surface area contributed by atoms with Crippen LogP contribution in [0.4, 0.5) is 11.4 Å². The number of carboxylic acids is 2. The summed E-state index contributed by atoms with van der Waals surface area (Å²) in [7, 11) is 0. The minimum absolute atomic E-state index is 0.0532. The number of carboxylic acid groups (broad SMARTS) is 2. The van der Waals surface area contributed by atoms with Crippen LogP contribution in [0.25, 0.3) is 0 Å². The molecular weight excluding hydrogens is 542 g/mol. The van der Waals surface area contributed by atoms with Crippen molar-refractivity contribution in [3.63, 3.8) is 0 Å². The van der Waals surface area contributed by atoms with E-state index < -0.39 is 24.1 Å². The molecule has 2 atom stereocenters. The summed E-state index contributed by atoms with van der Waals surface area (Å²) >= 11 is 0. The van der Waals surface area contributed by atoms with E-state index >= 15 is 0 Å². The smallest absolute Gasteiger partial charge is 0.333 e. The fourth-order valence-electron chi connectivity index (χ4n) is 4.09. The molecule has 1 aliphatic heterocycles. The average molecular weight is 580 g/mol. The summed E-state index contributed by atoms with van der Waals surface area (Å²) in [6.45, 7) is 3.54. The first-order chi connectivity index (χ1) is 20.2. The Bertz CT molecular complexity index is 1300. The zero-order chi connectivity index (χ0) is 30.5. The number of benzene rings is 3. The van der Waals surface area contributed by atoms with E-state index in [1.165, 1.54) is 0 Å². The van der Waals surface area contributed by atoms with Gasteiger partial charge in [-0.25, -0.2) is 4.79 Å². The largest absolute Gasteiger partial charge is 0.492 e. The summed E-state index contributed by atoms with van der Waals surface area (Å²) in [6, 6.07) is 22.5. The second kappa shape index (κ2) is 15.8. The summed E-state index contributed by atoms with van der Waals surface area (Å²) in [6.07, 6.45) is -0.267. The summed E-state index contributed by atoms with van der Waals surface area (Å²) in [4.78, 5) is 27.2. The minimum Gasteiger partial charge on any atom is -0.492 e. The van der Waals surface area contributed by atoms with Crippen LogP contribution in [0.2, 0.25) is 0 Å². The molecule has 0 saturated heterocycles. The van der Waals surface area contributed by atoms with E-state index in [9.17, 15) is 14.7 Å². The van der Waals surface area contributed by atoms with Gasteiger partial charge in [-0.1, -0.05) is 36.4 Å². The van der Waals surface area contributed by atoms with Gasteiger partial charge in [0.1, 0.15) is 18.4 Å². The van der Waals surface area contributed by atoms with Crippen molar-refractivity contribution in [1.29, 1.82) is 0 Å². The Labute approximate surface area is 244 Å². The van der Waals surface area contributed by atoms with Crippen molar-refractivity contribution in [2.75, 3.05) is 31.2 Å². The molecule has 224 valence electrons. The molecule has 8 N–H and O–H groups in total. The van der Waals surface area contributed by atoms with Crippen molar-refractivity contribution in [3.05, 3.63) is 78.4 Å². The zero-order valence-corrected chi connectivity index (χ0v) is 23.4. The Morgan fingerprint density at radius 3 is 2.05 bits per heavy atom. The van der Waals surface area contributed by atoms with Gasteiger partial charge < -0.3 is 46.5 Å². The van der Waals surface area contributed by atoms with Crippen LogP contribution in [-0.4, -0.2) is 66.6 Å². The SMILES string of the molecule is CCOC(Cc1ccc(OCCN2c3ccccc3Oc3ccccc32)cc1)C(=O)O.NC(N)=NCCC(N)C(=O)O. The van der Waals surface area contributed by atoms with Crippen LogP contribution < -0.4 is 31.6 Å². The zero-order valence-electron chi connectivity index (χ0n) is 23.4. The molecule has 3 aromatic carbocycles. The lowest BCUT2D eigenvalue weighted by Crippen LogP contribution is -2.31. The third kappa shape index (κ3) is 9.39. The molecule has 3 aromatic rings. The Morgan fingerprint density at radius 1 is 0.929 bits per heavy atom. The molecule has 12 heteroatoms. The third-order valence-corrected chi connectivity index (χ3v) is 6.16. The molecule has 1 aliphatic rings. The second-order valence-electron chi connectivity index (χ2n) is 9.21. The van der Waals surface area contributed by atoms with Crippen LogP contribution in [0.3, 0.4) is 0 Å². The van der Waals surface area contributed by atoms with Gasteiger partial charge in [-0.05, 0) is 55.3 Å². The number of fused-ring (bicyclic) bond motifs is 2. The number of aliphatic imine (C=N–C) groups is 1. The standard InChI is InChI=1S/C25H25NO5.C5H12N4O2/c1-2-29-24(25(27)28)17-18-11-13-19(14-12-18)30-16-15-26-20-7-3-5-9-22(20)31-23-10-6-4-8-21(23)26;6-3(4(10)11)1-2-9-5(7)8/h3-14,24H,2,15-17H2,1H3,(H,27,28);3H,1-2,6H2,(H,10,11)(H4,7,8,9). The van der Waals surface area contributed by atoms with Crippen molar-refractivity contribution in [2.45, 2.75) is 31.9 Å². The summed E-state index contributed by atoms with van der Waals surface area (Å²) in [5, 5.41) is 17.5. The molecule has 0 radical (unpaired) electrons. The van der Waals surface area contributed by atoms with E-state index in [1.54, 1.807) is 6.92 Å². The maximum absolute atomic E-state index is 11.3. The molecule has 0 spiro atoms. The predicted octanol–water partition coefficient (Wildman–Crippen LogP) is 3.10. The highest BCUT2D eigenvalue weighted by molar-refractivity contribution is 5.78. The number of para-hydroxylation sites is 4. The number of anilines is 2. The number of aliphatic carboxylic acids is 2. The minimum atomic E-state index is -1.05. The van der Waals surface area contributed by atoms with Gasteiger partial charge in [0.15, 0.2) is 23.6 Å². The van der Waals surface area contributed by atoms with Gasteiger partial charge in [0.2, 0.25) is 0 Å². The van der Waals surface area contributed by atoms with Crippen LogP contribution in [-0.2, 0) is 20.7 Å². The van der Waals surface area contributed by atoms with E-state index in [0.29, 0.717) is 26.2 Å². The molecule has 4 rings (SSSR count). The number of nitrogens with two attached hydrogens (primary N) is 3. The number of ether oxygens (including phenoxy) is 3. The van der Waals surface area contributed by atoms with Gasteiger partial charge in [0.25, 0.3) is 0 Å². The lowest BCUT2D eigenvalue weighted by atomic mass is 10.1. The Hall–Kier alpha value is -4.81. The van der Waals surface area contributed by atoms with Crippen molar-refractivity contribution < 1.29 is 34.0 Å². The molecule has 0 amide bonds. The molecule has 1 heterocycles. The summed E-state index contributed by atoms with van der Waals surface area (Å²) in [5.41, 5.74) is 18.1. The molecule has 0 fully saturated rings. The number of nitrogens with zero attached hydrogens (tertiary/aromatic N) is 2. The van der Waals surface area contributed by atoms with Gasteiger partial charge in [0, 0.05) is 19.6 Å². The molecule has 0 saturated carbocycles. The predicted molar refractivity (Wildman–Crippen MR) is 160 cm³/mol. The lowest BCUT2D eigenvalue weighted by molar-refractivity contribution is -0.150. The molecule has 12 nitrogen and oxygen atoms in total. The van der Waals surface area contributed by atoms with E-state index in [0.717, 1.165) is 34.2 Å². The quantitative estimate of drug-likeness (QED) is 0.147. The van der Waals surface area contributed by atoms with Crippen molar-refractivity contribution in [1.82, 2.24) is 0 Å². The molecule has 0 aromatic heterocycles. The highest BCUT2D eigenvalue weighted by Gasteiger charge is 2.23. The van der Waals surface area contributed by atoms with Crippen molar-refractivity contribution in [2.24, 2.45) is 22.2 Å². The number of hydrogen-bond donors (Lipinski definition) is 5. The number of hydrogen-bond acceptors (Lipinski definition) is 8. The highest BCUT2D eigenvalue weighted by Crippen LogP contribution is 2.45. The monoisotopic (exact) mass is 579 g/mol. The Balaban J connectivity index is 0.000000375. The van der Waals surface area contributed by atoms with Crippen LogP contribution in [0, 0.1) is 0 Å². The summed E-state index contributed by atoms with van der Waals surface area (Å²) in [5.74, 6) is 0.342. The third-order valence-electron chi connectivity index (χ3n) is 6.16. The first-order valence-corrected chi connectivity index (χ1v) is 13.4. The van der Waals surface area contributed by atoms with Gasteiger partial charge in [-0.15, -0.1) is 0 Å². The Morgan fingerprint density at radius 2 is 1.52 bits per heavy atom. The molecule has 42 heavy (non-hydrogen) atoms. The fraction of sp³-hybridized carbons (Fsp3) is 0.300. The van der Waals surface area contributed by atoms with E-state index in [2.05, 4.69) is 9.89 Å². The molecule has 2 unspecified atom stereocenters. The van der Waals surface area contributed by atoms with Crippen LogP contribution >= 0.6 is 0 Å². The van der Waals surface area contributed by atoms with Gasteiger partial charge in [-0.3, -0.25) is 9.79 Å². The number of carbonyl (C=O) groups is 2. The van der Waals surface area contributed by atoms with Crippen LogP contribution in [0.5, 0.6) is 17.2 Å². The van der Waals surface area contributed by atoms with Crippen LogP contribution in [0.15, 0.2) is 77.8 Å². The topological polar surface area (TPSA) is 196 Å². The maximum atomic E-state index is 11.3. The normalized spacial score (nSPS) is 12.8. The van der Waals surface area contributed by atoms with E-state index in [4.69, 9.17) is 36.5 Å². The lowest BCUT2D eigenvalue weighted by Gasteiger charge is -2.32. The molecule has 0 bridgehead atoms. The first-order valence-electron chi connectivity index (χ1n) is 13.4. The number of rotatable bonds is 13. The molecular formula is C30H37N5O7. The van der Waals surface area contributed by atoms with Crippen molar-refractivity contribution in [3.8, 4) is 17.2 Å². The average Bonchev–Trinajstić information content (AvgIpc) is 2.97. The van der Waals surface area contributed by atoms with Crippen LogP contribution in [0.1, 0.15) is 18.9 Å². The highest BCUT2D eigenvalue weighted by atomic mass is 16.5. The fourth-order valence-corrected chi connectivity index (χ4v) is 4.09. The van der Waals surface area contributed by atoms with E-state index in [1.807, 2.05) is 72.8 Å². The van der Waals surface area contributed by atoms with Gasteiger partial charge in [0.05, 0.1) is 17.9 Å².